The highest BCUT2D eigenvalue weighted by atomic mass is 35.5. The number of aromatic hydroxyl groups is 1. The Morgan fingerprint density at radius 3 is 2.65 bits per heavy atom. The number of esters is 1. The predicted octanol–water partition coefficient (Wildman–Crippen LogP) is 2.02. The number of phenols is 1. The largest absolute Gasteiger partial charge is 0.508 e. The first-order chi connectivity index (χ1) is 8.11. The molecule has 88 valence electrons. The first kappa shape index (κ1) is 11.5. The fourth-order valence-corrected chi connectivity index (χ4v) is 1.53. The maximum atomic E-state index is 11.3. The summed E-state index contributed by atoms with van der Waals surface area (Å²) in [6, 6.07) is 6.34. The van der Waals surface area contributed by atoms with E-state index in [0.29, 0.717) is 5.69 Å². The van der Waals surface area contributed by atoms with Crippen LogP contribution in [0, 0.1) is 0 Å². The van der Waals surface area contributed by atoms with Gasteiger partial charge in [0.2, 0.25) is 0 Å². The van der Waals surface area contributed by atoms with Gasteiger partial charge in [-0.2, -0.15) is 5.10 Å². The molecule has 0 radical (unpaired) electrons. The van der Waals surface area contributed by atoms with Gasteiger partial charge in [-0.1, -0.05) is 11.6 Å². The van der Waals surface area contributed by atoms with Crippen LogP contribution in [-0.4, -0.2) is 28.0 Å². The summed E-state index contributed by atoms with van der Waals surface area (Å²) in [5, 5.41) is 13.4. The SMILES string of the molecule is COC(=O)c1nn(-c2ccc(O)cc2)cc1Cl. The Labute approximate surface area is 102 Å². The number of hydrogen-bond acceptors (Lipinski definition) is 4. The molecule has 0 amide bonds. The second-order valence-electron chi connectivity index (χ2n) is 3.28. The predicted molar refractivity (Wildman–Crippen MR) is 61.6 cm³/mol. The highest BCUT2D eigenvalue weighted by Gasteiger charge is 2.16. The van der Waals surface area contributed by atoms with Gasteiger partial charge in [-0.05, 0) is 24.3 Å². The molecule has 0 bridgehead atoms. The van der Waals surface area contributed by atoms with E-state index in [9.17, 15) is 4.79 Å². The van der Waals surface area contributed by atoms with Crippen LogP contribution in [0.15, 0.2) is 30.5 Å². The number of rotatable bonds is 2. The lowest BCUT2D eigenvalue weighted by molar-refractivity contribution is 0.0593. The normalized spacial score (nSPS) is 10.2. The molecule has 0 unspecified atom stereocenters. The molecule has 0 aliphatic heterocycles. The van der Waals surface area contributed by atoms with Crippen molar-refractivity contribution in [2.45, 2.75) is 0 Å². The van der Waals surface area contributed by atoms with E-state index in [1.165, 1.54) is 30.1 Å². The third-order valence-corrected chi connectivity index (χ3v) is 2.44. The van der Waals surface area contributed by atoms with Crippen LogP contribution in [0.3, 0.4) is 0 Å². The van der Waals surface area contributed by atoms with Gasteiger partial charge >= 0.3 is 5.97 Å². The topological polar surface area (TPSA) is 64.3 Å². The Morgan fingerprint density at radius 1 is 1.41 bits per heavy atom. The van der Waals surface area contributed by atoms with E-state index in [2.05, 4.69) is 9.84 Å². The molecule has 1 N–H and O–H groups in total. The standard InChI is InChI=1S/C11H9ClN2O3/c1-17-11(16)10-9(12)6-14(13-10)7-2-4-8(15)5-3-7/h2-6,15H,1H3. The number of nitrogens with zero attached hydrogens (tertiary/aromatic N) is 2. The highest BCUT2D eigenvalue weighted by molar-refractivity contribution is 6.33. The lowest BCUT2D eigenvalue weighted by Crippen LogP contribution is -2.04. The highest BCUT2D eigenvalue weighted by Crippen LogP contribution is 2.19. The number of hydrogen-bond donors (Lipinski definition) is 1. The van der Waals surface area contributed by atoms with Gasteiger partial charge in [-0.15, -0.1) is 0 Å². The quantitative estimate of drug-likeness (QED) is 0.831. The summed E-state index contributed by atoms with van der Waals surface area (Å²) in [5.74, 6) is -0.437. The van der Waals surface area contributed by atoms with Crippen molar-refractivity contribution in [2.24, 2.45) is 0 Å². The zero-order chi connectivity index (χ0) is 12.4. The Bertz CT molecular complexity index is 548. The molecule has 0 spiro atoms. The van der Waals surface area contributed by atoms with Crippen molar-refractivity contribution in [1.82, 2.24) is 9.78 Å². The third-order valence-electron chi connectivity index (χ3n) is 2.16. The summed E-state index contributed by atoms with van der Waals surface area (Å²) < 4.78 is 5.98. The van der Waals surface area contributed by atoms with E-state index < -0.39 is 5.97 Å². The van der Waals surface area contributed by atoms with Crippen LogP contribution in [0.5, 0.6) is 5.75 Å². The molecular weight excluding hydrogens is 244 g/mol. The van der Waals surface area contributed by atoms with Crippen molar-refractivity contribution in [1.29, 1.82) is 0 Å². The second-order valence-corrected chi connectivity index (χ2v) is 3.69. The van der Waals surface area contributed by atoms with Crippen LogP contribution in [0.1, 0.15) is 10.5 Å². The van der Waals surface area contributed by atoms with E-state index in [1.54, 1.807) is 12.1 Å². The first-order valence-electron chi connectivity index (χ1n) is 4.74. The van der Waals surface area contributed by atoms with Gasteiger partial charge in [-0.25, -0.2) is 9.48 Å². The van der Waals surface area contributed by atoms with Crippen LogP contribution < -0.4 is 0 Å². The lowest BCUT2D eigenvalue weighted by Gasteiger charge is -2.00. The number of phenolic OH excluding ortho intramolecular Hbond substituents is 1. The van der Waals surface area contributed by atoms with Crippen LogP contribution in [0.25, 0.3) is 5.69 Å². The van der Waals surface area contributed by atoms with E-state index >= 15 is 0 Å². The van der Waals surface area contributed by atoms with Gasteiger partial charge in [0.05, 0.1) is 24.0 Å². The van der Waals surface area contributed by atoms with Crippen molar-refractivity contribution in [3.63, 3.8) is 0 Å². The van der Waals surface area contributed by atoms with Crippen LogP contribution in [0.4, 0.5) is 0 Å². The Kier molecular flexibility index (Phi) is 3.01. The minimum absolute atomic E-state index is 0.0576. The summed E-state index contributed by atoms with van der Waals surface area (Å²) >= 11 is 5.87. The first-order valence-corrected chi connectivity index (χ1v) is 5.12. The Hall–Kier alpha value is -2.01. The number of methoxy groups -OCH3 is 1. The molecule has 0 aliphatic carbocycles. The van der Waals surface area contributed by atoms with E-state index in [-0.39, 0.29) is 16.5 Å². The average molecular weight is 253 g/mol. The van der Waals surface area contributed by atoms with Gasteiger partial charge < -0.3 is 9.84 Å². The molecule has 2 aromatic rings. The number of carbonyl (C=O) groups excluding carboxylic acids is 1. The number of carbonyl (C=O) groups is 1. The molecule has 0 fully saturated rings. The molecule has 0 saturated carbocycles. The molecule has 5 nitrogen and oxygen atoms in total. The zero-order valence-electron chi connectivity index (χ0n) is 8.92. The lowest BCUT2D eigenvalue weighted by atomic mass is 10.3. The summed E-state index contributed by atoms with van der Waals surface area (Å²) in [5.41, 5.74) is 0.738. The monoisotopic (exact) mass is 252 g/mol. The second kappa shape index (κ2) is 4.47. The van der Waals surface area contributed by atoms with Crippen molar-refractivity contribution in [3.8, 4) is 11.4 Å². The zero-order valence-corrected chi connectivity index (χ0v) is 9.68. The molecule has 0 saturated heterocycles. The summed E-state index contributed by atoms with van der Waals surface area (Å²) in [4.78, 5) is 11.3. The Balaban J connectivity index is 2.41. The maximum absolute atomic E-state index is 11.3. The molecule has 17 heavy (non-hydrogen) atoms. The van der Waals surface area contributed by atoms with Crippen molar-refractivity contribution < 1.29 is 14.6 Å². The van der Waals surface area contributed by atoms with Gasteiger partial charge in [-0.3, -0.25) is 0 Å². The number of benzene rings is 1. The average Bonchev–Trinajstić information content (AvgIpc) is 2.71. The minimum Gasteiger partial charge on any atom is -0.508 e. The number of halogens is 1. The summed E-state index contributed by atoms with van der Waals surface area (Å²) in [6.45, 7) is 0. The number of ether oxygens (including phenoxy) is 1. The number of aromatic nitrogens is 2. The third kappa shape index (κ3) is 2.24. The van der Waals surface area contributed by atoms with E-state index in [1.807, 2.05) is 0 Å². The van der Waals surface area contributed by atoms with Crippen LogP contribution in [0.2, 0.25) is 5.02 Å². The van der Waals surface area contributed by atoms with E-state index in [0.717, 1.165) is 0 Å². The van der Waals surface area contributed by atoms with Crippen LogP contribution in [-0.2, 0) is 4.74 Å². The summed E-state index contributed by atoms with van der Waals surface area (Å²) in [6.07, 6.45) is 1.50. The fourth-order valence-electron chi connectivity index (χ4n) is 1.33. The molecule has 1 heterocycles. The van der Waals surface area contributed by atoms with Crippen molar-refractivity contribution in [3.05, 3.63) is 41.2 Å². The van der Waals surface area contributed by atoms with E-state index in [4.69, 9.17) is 16.7 Å². The minimum atomic E-state index is -0.590. The van der Waals surface area contributed by atoms with Crippen LogP contribution >= 0.6 is 11.6 Å². The fraction of sp³-hybridized carbons (Fsp3) is 0.0909. The molecule has 1 aromatic carbocycles. The Morgan fingerprint density at radius 2 is 2.06 bits per heavy atom. The van der Waals surface area contributed by atoms with Crippen molar-refractivity contribution in [2.75, 3.05) is 7.11 Å². The smallest absolute Gasteiger partial charge is 0.360 e. The molecule has 6 heteroatoms. The van der Waals surface area contributed by atoms with Gasteiger partial charge in [0, 0.05) is 0 Å². The van der Waals surface area contributed by atoms with Gasteiger partial charge in [0.25, 0.3) is 0 Å². The summed E-state index contributed by atoms with van der Waals surface area (Å²) in [7, 11) is 1.26. The molecule has 0 atom stereocenters. The molecule has 2 rings (SSSR count). The molecule has 0 aliphatic rings. The van der Waals surface area contributed by atoms with Gasteiger partial charge in [0.1, 0.15) is 5.75 Å². The van der Waals surface area contributed by atoms with Crippen molar-refractivity contribution >= 4 is 17.6 Å². The molecule has 1 aromatic heterocycles. The van der Waals surface area contributed by atoms with Gasteiger partial charge in [0.15, 0.2) is 5.69 Å². The maximum Gasteiger partial charge on any atom is 0.360 e. The molecular formula is C11H9ClN2O3.